The maximum atomic E-state index is 12.3. The summed E-state index contributed by atoms with van der Waals surface area (Å²) in [6.07, 6.45) is 3.71. The van der Waals surface area contributed by atoms with Gasteiger partial charge in [-0.1, -0.05) is 29.8 Å². The highest BCUT2D eigenvalue weighted by Gasteiger charge is 2.46. The number of nitrogens with two attached hydrogens (primary N) is 1. The van der Waals surface area contributed by atoms with E-state index in [2.05, 4.69) is 40.1 Å². The lowest BCUT2D eigenvalue weighted by atomic mass is 9.82. The van der Waals surface area contributed by atoms with E-state index in [0.29, 0.717) is 24.7 Å². The van der Waals surface area contributed by atoms with Crippen LogP contribution < -0.4 is 15.8 Å². The third-order valence-electron chi connectivity index (χ3n) is 6.79. The number of carbonyl (C=O) groups excluding carboxylic acids is 1. The van der Waals surface area contributed by atoms with Gasteiger partial charge in [0.25, 0.3) is 0 Å². The van der Waals surface area contributed by atoms with Crippen molar-refractivity contribution in [3.63, 3.8) is 0 Å². The molecule has 8 nitrogen and oxygen atoms in total. The Bertz CT molecular complexity index is 1170. The smallest absolute Gasteiger partial charge is 0.317 e. The first-order chi connectivity index (χ1) is 16.0. The van der Waals surface area contributed by atoms with Gasteiger partial charge in [0.2, 0.25) is 0 Å². The van der Waals surface area contributed by atoms with E-state index >= 15 is 0 Å². The lowest BCUT2D eigenvalue weighted by Gasteiger charge is -2.23. The van der Waals surface area contributed by atoms with E-state index in [1.54, 1.807) is 6.20 Å². The van der Waals surface area contributed by atoms with Crippen molar-refractivity contribution in [3.05, 3.63) is 59.4 Å². The molecule has 1 aromatic carbocycles. The molecule has 2 aromatic heterocycles. The highest BCUT2D eigenvalue weighted by atomic mass is 16.5. The van der Waals surface area contributed by atoms with E-state index in [0.717, 1.165) is 49.3 Å². The van der Waals surface area contributed by atoms with Crippen LogP contribution in [0, 0.1) is 6.92 Å². The van der Waals surface area contributed by atoms with Crippen LogP contribution in [0.5, 0.6) is 5.75 Å². The number of nitrogen functional groups attached to an aromatic ring is 1. The third kappa shape index (κ3) is 4.01. The molecule has 0 radical (unpaired) electrons. The molecule has 0 saturated carbocycles. The van der Waals surface area contributed by atoms with Crippen molar-refractivity contribution in [1.29, 1.82) is 0 Å². The first kappa shape index (κ1) is 21.3. The zero-order valence-corrected chi connectivity index (χ0v) is 19.2. The Morgan fingerprint density at radius 2 is 2.00 bits per heavy atom. The molecule has 1 atom stereocenters. The van der Waals surface area contributed by atoms with Crippen molar-refractivity contribution < 1.29 is 9.53 Å². The Labute approximate surface area is 193 Å². The quantitative estimate of drug-likeness (QED) is 0.625. The van der Waals surface area contributed by atoms with Gasteiger partial charge in [-0.3, -0.25) is 4.68 Å². The number of fused-ring (bicyclic) bond motifs is 2. The van der Waals surface area contributed by atoms with Gasteiger partial charge >= 0.3 is 6.03 Å². The molecule has 1 saturated heterocycles. The summed E-state index contributed by atoms with van der Waals surface area (Å²) < 4.78 is 8.07. The molecule has 5 rings (SSSR count). The molecule has 1 fully saturated rings. The highest BCUT2D eigenvalue weighted by molar-refractivity contribution is 5.75. The van der Waals surface area contributed by atoms with Gasteiger partial charge < -0.3 is 20.7 Å². The number of carbonyl (C=O) groups is 1. The largest absolute Gasteiger partial charge is 0.485 e. The van der Waals surface area contributed by atoms with Gasteiger partial charge in [-0.05, 0) is 44.4 Å². The summed E-state index contributed by atoms with van der Waals surface area (Å²) in [5.41, 5.74) is 11.3. The van der Waals surface area contributed by atoms with Gasteiger partial charge in [0, 0.05) is 49.0 Å². The van der Waals surface area contributed by atoms with Crippen molar-refractivity contribution >= 4 is 11.8 Å². The van der Waals surface area contributed by atoms with Gasteiger partial charge in [-0.25, -0.2) is 9.78 Å². The van der Waals surface area contributed by atoms with Crippen molar-refractivity contribution in [2.24, 2.45) is 0 Å². The van der Waals surface area contributed by atoms with Gasteiger partial charge in [0.05, 0.1) is 5.69 Å². The summed E-state index contributed by atoms with van der Waals surface area (Å²) >= 11 is 0. The van der Waals surface area contributed by atoms with Gasteiger partial charge in [-0.2, -0.15) is 5.10 Å². The monoisotopic (exact) mass is 446 g/mol. The molecule has 4 heterocycles. The molecule has 172 valence electrons. The molecular weight excluding hydrogens is 416 g/mol. The summed E-state index contributed by atoms with van der Waals surface area (Å²) in [4.78, 5) is 18.6. The number of anilines is 1. The maximum Gasteiger partial charge on any atom is 0.317 e. The first-order valence-corrected chi connectivity index (χ1v) is 11.5. The van der Waals surface area contributed by atoms with E-state index in [1.165, 1.54) is 11.3 Å². The Morgan fingerprint density at radius 3 is 2.79 bits per heavy atom. The van der Waals surface area contributed by atoms with Gasteiger partial charge in [0.15, 0.2) is 11.6 Å². The second kappa shape index (κ2) is 8.42. The van der Waals surface area contributed by atoms with Crippen LogP contribution in [0.1, 0.15) is 36.6 Å². The number of benzene rings is 1. The second-order valence-corrected chi connectivity index (χ2v) is 9.06. The molecular formula is C25H30N6O2. The molecule has 1 unspecified atom stereocenters. The number of rotatable bonds is 5. The van der Waals surface area contributed by atoms with Crippen LogP contribution in [0.15, 0.2) is 42.6 Å². The van der Waals surface area contributed by atoms with Crippen molar-refractivity contribution in [3.8, 4) is 17.0 Å². The molecule has 3 N–H and O–H groups in total. The summed E-state index contributed by atoms with van der Waals surface area (Å²) in [5, 5.41) is 7.76. The minimum atomic E-state index is -0.0255. The second-order valence-electron chi connectivity index (χ2n) is 9.06. The lowest BCUT2D eigenvalue weighted by molar-refractivity contribution is 0.206. The fourth-order valence-electron chi connectivity index (χ4n) is 4.88. The van der Waals surface area contributed by atoms with Crippen LogP contribution in [0.25, 0.3) is 11.3 Å². The van der Waals surface area contributed by atoms with E-state index in [1.807, 2.05) is 30.0 Å². The Balaban J connectivity index is 1.35. The molecule has 0 bridgehead atoms. The van der Waals surface area contributed by atoms with Crippen LogP contribution in [-0.2, 0) is 18.6 Å². The highest BCUT2D eigenvalue weighted by Crippen LogP contribution is 2.44. The van der Waals surface area contributed by atoms with Crippen LogP contribution in [0.3, 0.4) is 0 Å². The molecule has 2 aliphatic heterocycles. The standard InChI is InChI=1S/C25H30N6O2/c1-3-27-24(32)30-10-8-25(16-30)9-11-31-22(25)13-20(29-31)19-12-21(23(26)28-14-19)33-15-18-6-4-17(2)5-7-18/h4-7,12-14H,3,8-11,15-16H2,1-2H3,(H2,26,28)(H,27,32). The maximum absolute atomic E-state index is 12.3. The van der Waals surface area contributed by atoms with Crippen molar-refractivity contribution in [2.45, 2.75) is 45.3 Å². The van der Waals surface area contributed by atoms with Crippen LogP contribution in [0.4, 0.5) is 10.6 Å². The number of aryl methyl sites for hydroxylation is 2. The topological polar surface area (TPSA) is 98.3 Å². The number of urea groups is 1. The number of hydrogen-bond acceptors (Lipinski definition) is 5. The number of nitrogens with zero attached hydrogens (tertiary/aromatic N) is 4. The average Bonchev–Trinajstić information content (AvgIpc) is 3.51. The molecule has 2 amide bonds. The summed E-state index contributed by atoms with van der Waals surface area (Å²) in [5.74, 6) is 0.918. The van der Waals surface area contributed by atoms with Crippen LogP contribution in [0.2, 0.25) is 0 Å². The van der Waals surface area contributed by atoms with Crippen molar-refractivity contribution in [1.82, 2.24) is 25.0 Å². The minimum absolute atomic E-state index is 0.0191. The molecule has 1 spiro atoms. The fraction of sp³-hybridized carbons (Fsp3) is 0.400. The third-order valence-corrected chi connectivity index (χ3v) is 6.79. The molecule has 2 aliphatic rings. The number of ether oxygens (including phenoxy) is 1. The lowest BCUT2D eigenvalue weighted by Crippen LogP contribution is -2.40. The van der Waals surface area contributed by atoms with Crippen molar-refractivity contribution in [2.75, 3.05) is 25.4 Å². The van der Waals surface area contributed by atoms with E-state index < -0.39 is 0 Å². The van der Waals surface area contributed by atoms with Crippen LogP contribution >= 0.6 is 0 Å². The average molecular weight is 447 g/mol. The molecule has 8 heteroatoms. The predicted molar refractivity (Wildman–Crippen MR) is 127 cm³/mol. The zero-order valence-electron chi connectivity index (χ0n) is 19.2. The van der Waals surface area contributed by atoms with Crippen LogP contribution in [-0.4, -0.2) is 45.3 Å². The molecule has 3 aromatic rings. The Kier molecular flexibility index (Phi) is 5.44. The minimum Gasteiger partial charge on any atom is -0.485 e. The van der Waals surface area contributed by atoms with Gasteiger partial charge in [-0.15, -0.1) is 0 Å². The molecule has 0 aliphatic carbocycles. The zero-order chi connectivity index (χ0) is 23.0. The number of nitrogens with one attached hydrogen (secondary N) is 1. The Morgan fingerprint density at radius 1 is 1.21 bits per heavy atom. The number of hydrogen-bond donors (Lipinski definition) is 2. The number of amides is 2. The first-order valence-electron chi connectivity index (χ1n) is 11.5. The fourth-order valence-corrected chi connectivity index (χ4v) is 4.88. The van der Waals surface area contributed by atoms with Gasteiger partial charge in [0.1, 0.15) is 6.61 Å². The number of pyridine rings is 1. The molecule has 33 heavy (non-hydrogen) atoms. The number of likely N-dealkylation sites (tertiary alicyclic amines) is 1. The van der Waals surface area contributed by atoms with E-state index in [-0.39, 0.29) is 11.4 Å². The summed E-state index contributed by atoms with van der Waals surface area (Å²) in [6, 6.07) is 12.3. The van der Waals surface area contributed by atoms with E-state index in [4.69, 9.17) is 15.6 Å². The summed E-state index contributed by atoms with van der Waals surface area (Å²) in [6.45, 7) is 7.43. The van der Waals surface area contributed by atoms with E-state index in [9.17, 15) is 4.79 Å². The number of aromatic nitrogens is 3. The SMILES string of the molecule is CCNC(=O)N1CCC2(CCn3nc(-c4cnc(N)c(OCc5ccc(C)cc5)c4)cc32)C1. The normalized spacial score (nSPS) is 19.2. The summed E-state index contributed by atoms with van der Waals surface area (Å²) in [7, 11) is 0. The predicted octanol–water partition coefficient (Wildman–Crippen LogP) is 3.49. The Hall–Kier alpha value is -3.55.